The number of guanidine groups is 2. The van der Waals surface area contributed by atoms with Crippen LogP contribution in [0.25, 0.3) is 0 Å². The summed E-state index contributed by atoms with van der Waals surface area (Å²) in [6.07, 6.45) is -1.58. The molecule has 1 aliphatic heterocycles. The highest BCUT2D eigenvalue weighted by molar-refractivity contribution is 5.94. The van der Waals surface area contributed by atoms with E-state index < -0.39 is 6.36 Å². The third kappa shape index (κ3) is 6.69. The first kappa shape index (κ1) is 20.9. The largest absolute Gasteiger partial charge is 0.573 e. The van der Waals surface area contributed by atoms with Gasteiger partial charge in [-0.2, -0.15) is 4.99 Å². The molecule has 10 heteroatoms. The third-order valence-corrected chi connectivity index (χ3v) is 3.62. The van der Waals surface area contributed by atoms with Gasteiger partial charge in [-0.25, -0.2) is 4.99 Å². The molecule has 0 aromatic heterocycles. The number of halogens is 4. The van der Waals surface area contributed by atoms with E-state index >= 15 is 0 Å². The minimum Gasteiger partial charge on any atom is -0.406 e. The number of benzene rings is 1. The van der Waals surface area contributed by atoms with Crippen LogP contribution in [0.15, 0.2) is 34.3 Å². The van der Waals surface area contributed by atoms with Crippen LogP contribution in [-0.4, -0.2) is 35.8 Å². The zero-order valence-corrected chi connectivity index (χ0v) is 14.5. The van der Waals surface area contributed by atoms with E-state index in [1.807, 2.05) is 11.8 Å². The van der Waals surface area contributed by atoms with E-state index in [1.165, 1.54) is 18.2 Å². The van der Waals surface area contributed by atoms with Crippen LogP contribution in [0.1, 0.15) is 26.2 Å². The molecule has 0 spiro atoms. The van der Waals surface area contributed by atoms with Crippen molar-refractivity contribution in [2.24, 2.45) is 21.5 Å². The van der Waals surface area contributed by atoms with Gasteiger partial charge in [0.25, 0.3) is 0 Å². The Hall–Kier alpha value is -2.16. The van der Waals surface area contributed by atoms with E-state index in [0.29, 0.717) is 0 Å². The highest BCUT2D eigenvalue weighted by atomic mass is 35.5. The first-order valence-corrected chi connectivity index (χ1v) is 7.55. The van der Waals surface area contributed by atoms with E-state index in [9.17, 15) is 13.2 Å². The van der Waals surface area contributed by atoms with Gasteiger partial charge in [-0.05, 0) is 38.3 Å². The van der Waals surface area contributed by atoms with E-state index in [4.69, 9.17) is 11.5 Å². The van der Waals surface area contributed by atoms with Gasteiger partial charge in [-0.1, -0.05) is 6.07 Å². The Morgan fingerprint density at radius 1 is 1.28 bits per heavy atom. The number of hydrogen-bond donors (Lipinski definition) is 2. The third-order valence-electron chi connectivity index (χ3n) is 3.62. The Bertz CT molecular complexity index is 636. The number of nitrogens with two attached hydrogens (primary N) is 2. The van der Waals surface area contributed by atoms with Gasteiger partial charge in [0.15, 0.2) is 5.96 Å². The van der Waals surface area contributed by atoms with E-state index in [0.717, 1.165) is 31.9 Å². The van der Waals surface area contributed by atoms with Crippen molar-refractivity contribution in [1.82, 2.24) is 4.90 Å². The SMILES string of the molecule is CC1CCCCN1C(N)=NC(N)=Nc1cccc(OC(F)(F)F)c1.Cl. The molecule has 1 aromatic rings. The maximum absolute atomic E-state index is 12.2. The molecule has 1 fully saturated rings. The van der Waals surface area contributed by atoms with E-state index in [2.05, 4.69) is 14.7 Å². The first-order chi connectivity index (χ1) is 11.2. The van der Waals surface area contributed by atoms with Crippen molar-refractivity contribution in [2.45, 2.75) is 38.6 Å². The summed E-state index contributed by atoms with van der Waals surface area (Å²) in [4.78, 5) is 9.94. The predicted molar refractivity (Wildman–Crippen MR) is 93.3 cm³/mol. The molecule has 25 heavy (non-hydrogen) atoms. The number of nitrogens with zero attached hydrogens (tertiary/aromatic N) is 3. The van der Waals surface area contributed by atoms with Crippen LogP contribution in [0.2, 0.25) is 0 Å². The lowest BCUT2D eigenvalue weighted by atomic mass is 10.0. The first-order valence-electron chi connectivity index (χ1n) is 7.55. The normalized spacial score (nSPS) is 19.4. The molecule has 1 saturated heterocycles. The lowest BCUT2D eigenvalue weighted by Gasteiger charge is -2.34. The fourth-order valence-electron chi connectivity index (χ4n) is 2.53. The molecular weight excluding hydrogens is 359 g/mol. The molecule has 1 aromatic carbocycles. The number of piperidine rings is 1. The van der Waals surface area contributed by atoms with Gasteiger partial charge < -0.3 is 21.1 Å². The fraction of sp³-hybridized carbons (Fsp3) is 0.467. The minimum absolute atomic E-state index is 0. The molecular formula is C15H21ClF3N5O. The molecule has 0 aliphatic carbocycles. The van der Waals surface area contributed by atoms with Gasteiger partial charge in [-0.3, -0.25) is 0 Å². The average molecular weight is 380 g/mol. The van der Waals surface area contributed by atoms with Crippen LogP contribution in [0.4, 0.5) is 18.9 Å². The number of hydrogen-bond acceptors (Lipinski definition) is 2. The van der Waals surface area contributed by atoms with Crippen LogP contribution < -0.4 is 16.2 Å². The fourth-order valence-corrected chi connectivity index (χ4v) is 2.53. The van der Waals surface area contributed by atoms with E-state index in [1.54, 1.807) is 0 Å². The number of rotatable bonds is 2. The Balaban J connectivity index is 0.00000312. The minimum atomic E-state index is -4.76. The summed E-state index contributed by atoms with van der Waals surface area (Å²) in [5.74, 6) is -0.251. The summed E-state index contributed by atoms with van der Waals surface area (Å²) in [6.45, 7) is 2.84. The van der Waals surface area contributed by atoms with Gasteiger partial charge in [-0.15, -0.1) is 25.6 Å². The molecule has 0 radical (unpaired) electrons. The average Bonchev–Trinajstić information content (AvgIpc) is 2.45. The van der Waals surface area contributed by atoms with Gasteiger partial charge >= 0.3 is 6.36 Å². The molecule has 6 nitrogen and oxygen atoms in total. The van der Waals surface area contributed by atoms with Crippen LogP contribution in [0, 0.1) is 0 Å². The van der Waals surface area contributed by atoms with Crippen molar-refractivity contribution < 1.29 is 17.9 Å². The van der Waals surface area contributed by atoms with Gasteiger partial charge in [0, 0.05) is 18.7 Å². The summed E-state index contributed by atoms with van der Waals surface area (Å²) in [5, 5.41) is 0. The molecule has 0 bridgehead atoms. The Morgan fingerprint density at radius 3 is 2.64 bits per heavy atom. The molecule has 1 heterocycles. The molecule has 0 amide bonds. The van der Waals surface area contributed by atoms with Gasteiger partial charge in [0.2, 0.25) is 5.96 Å². The zero-order valence-electron chi connectivity index (χ0n) is 13.7. The second-order valence-corrected chi connectivity index (χ2v) is 5.52. The highest BCUT2D eigenvalue weighted by Gasteiger charge is 2.31. The number of aliphatic imine (C=N–C) groups is 2. The van der Waals surface area contributed by atoms with Crippen molar-refractivity contribution >= 4 is 30.0 Å². The van der Waals surface area contributed by atoms with E-state index in [-0.39, 0.29) is 41.8 Å². The van der Waals surface area contributed by atoms with Crippen LogP contribution >= 0.6 is 12.4 Å². The summed E-state index contributed by atoms with van der Waals surface area (Å²) in [5.41, 5.74) is 11.9. The quantitative estimate of drug-likeness (QED) is 0.610. The molecule has 4 N–H and O–H groups in total. The van der Waals surface area contributed by atoms with Crippen molar-refractivity contribution in [3.63, 3.8) is 0 Å². The Kier molecular flexibility index (Phi) is 7.35. The van der Waals surface area contributed by atoms with Crippen LogP contribution in [0.3, 0.4) is 0 Å². The Morgan fingerprint density at radius 2 is 2.00 bits per heavy atom. The van der Waals surface area contributed by atoms with Crippen molar-refractivity contribution in [3.8, 4) is 5.75 Å². The lowest BCUT2D eigenvalue weighted by molar-refractivity contribution is -0.274. The summed E-state index contributed by atoms with van der Waals surface area (Å²) in [7, 11) is 0. The number of alkyl halides is 3. The molecule has 140 valence electrons. The molecule has 0 saturated carbocycles. The summed E-state index contributed by atoms with van der Waals surface area (Å²) >= 11 is 0. The molecule has 1 atom stereocenters. The maximum atomic E-state index is 12.2. The topological polar surface area (TPSA) is 89.2 Å². The summed E-state index contributed by atoms with van der Waals surface area (Å²) < 4.78 is 40.5. The second kappa shape index (κ2) is 8.80. The number of likely N-dealkylation sites (tertiary alicyclic amines) is 1. The summed E-state index contributed by atoms with van der Waals surface area (Å²) in [6, 6.07) is 5.43. The molecule has 1 unspecified atom stereocenters. The second-order valence-electron chi connectivity index (χ2n) is 5.52. The van der Waals surface area contributed by atoms with Crippen molar-refractivity contribution in [1.29, 1.82) is 0 Å². The van der Waals surface area contributed by atoms with Crippen molar-refractivity contribution in [3.05, 3.63) is 24.3 Å². The standard InChI is InChI=1S/C15H20F3N5O.ClH/c1-10-5-2-3-8-23(10)14(20)22-13(19)21-11-6-4-7-12(9-11)24-15(16,17)18;/h4,6-7,9-10H,2-3,5,8H2,1H3,(H4,19,20,21,22);1H. The van der Waals surface area contributed by atoms with Crippen molar-refractivity contribution in [2.75, 3.05) is 6.54 Å². The lowest BCUT2D eigenvalue weighted by Crippen LogP contribution is -2.46. The maximum Gasteiger partial charge on any atom is 0.573 e. The molecule has 1 aliphatic rings. The van der Waals surface area contributed by atoms with Gasteiger partial charge in [0.1, 0.15) is 5.75 Å². The molecule has 2 rings (SSSR count). The van der Waals surface area contributed by atoms with Crippen LogP contribution in [-0.2, 0) is 0 Å². The monoisotopic (exact) mass is 379 g/mol. The Labute approximate surface area is 150 Å². The predicted octanol–water partition coefficient (Wildman–Crippen LogP) is 3.14. The number of ether oxygens (including phenoxy) is 1. The van der Waals surface area contributed by atoms with Crippen LogP contribution in [0.5, 0.6) is 5.75 Å². The highest BCUT2D eigenvalue weighted by Crippen LogP contribution is 2.26. The zero-order chi connectivity index (χ0) is 17.7. The smallest absolute Gasteiger partial charge is 0.406 e. The van der Waals surface area contributed by atoms with Gasteiger partial charge in [0.05, 0.1) is 5.69 Å².